The average Bonchev–Trinajstić information content (AvgIpc) is 2.54. The predicted octanol–water partition coefficient (Wildman–Crippen LogP) is 3.67. The minimum absolute atomic E-state index is 0.268. The SMILES string of the molecule is O=C(Cc1ccccc1)NC(Nc1cccnc1)(C(F)(F)F)C(F)(F)F. The Morgan fingerprint density at radius 2 is 1.54 bits per heavy atom. The quantitative estimate of drug-likeness (QED) is 0.618. The highest BCUT2D eigenvalue weighted by Gasteiger charge is 2.72. The van der Waals surface area contributed by atoms with Crippen molar-refractivity contribution in [3.8, 4) is 0 Å². The summed E-state index contributed by atoms with van der Waals surface area (Å²) < 4.78 is 80.6. The van der Waals surface area contributed by atoms with Crippen LogP contribution in [-0.2, 0) is 11.2 Å². The van der Waals surface area contributed by atoms with Crippen LogP contribution in [0.15, 0.2) is 54.9 Å². The minimum Gasteiger partial charge on any atom is -0.346 e. The van der Waals surface area contributed by atoms with Gasteiger partial charge in [0, 0.05) is 6.20 Å². The van der Waals surface area contributed by atoms with E-state index < -0.39 is 36.0 Å². The van der Waals surface area contributed by atoms with Crippen LogP contribution in [0, 0.1) is 0 Å². The molecule has 0 spiro atoms. The van der Waals surface area contributed by atoms with Gasteiger partial charge in [0.15, 0.2) is 0 Å². The van der Waals surface area contributed by atoms with E-state index in [2.05, 4.69) is 4.98 Å². The molecule has 1 aromatic heterocycles. The van der Waals surface area contributed by atoms with Crippen LogP contribution in [-0.4, -0.2) is 28.9 Å². The van der Waals surface area contributed by atoms with Gasteiger partial charge in [0.1, 0.15) is 0 Å². The molecule has 0 unspecified atom stereocenters. The number of hydrogen-bond acceptors (Lipinski definition) is 3. The van der Waals surface area contributed by atoms with E-state index in [0.717, 1.165) is 23.6 Å². The molecule has 0 fully saturated rings. The van der Waals surface area contributed by atoms with Gasteiger partial charge in [-0.15, -0.1) is 0 Å². The second-order valence-electron chi connectivity index (χ2n) is 5.32. The first-order valence-electron chi connectivity index (χ1n) is 7.22. The van der Waals surface area contributed by atoms with Gasteiger partial charge in [-0.25, -0.2) is 0 Å². The number of benzene rings is 1. The molecule has 26 heavy (non-hydrogen) atoms. The number of alkyl halides is 6. The number of halogens is 6. The normalized spacial score (nSPS) is 12.5. The standard InChI is InChI=1S/C16H13F6N3O/c17-15(18,19)14(16(20,21)22,24-12-7-4-8-23-10-12)25-13(26)9-11-5-2-1-3-6-11/h1-8,10,24H,9H2,(H,25,26). The van der Waals surface area contributed by atoms with Crippen molar-refractivity contribution < 1.29 is 31.1 Å². The fraction of sp³-hybridized carbons (Fsp3) is 0.250. The number of amides is 1. The molecule has 1 amide bonds. The highest BCUT2D eigenvalue weighted by molar-refractivity contribution is 5.80. The molecule has 0 radical (unpaired) electrons. The summed E-state index contributed by atoms with van der Waals surface area (Å²) in [6, 6.07) is 9.58. The van der Waals surface area contributed by atoms with Gasteiger partial charge in [-0.05, 0) is 17.7 Å². The van der Waals surface area contributed by atoms with Crippen LogP contribution in [0.1, 0.15) is 5.56 Å². The van der Waals surface area contributed by atoms with E-state index in [-0.39, 0.29) is 5.56 Å². The van der Waals surface area contributed by atoms with E-state index in [4.69, 9.17) is 0 Å². The molecular formula is C16H13F6N3O. The molecule has 2 N–H and O–H groups in total. The lowest BCUT2D eigenvalue weighted by Gasteiger charge is -2.38. The molecule has 0 aliphatic carbocycles. The molecule has 0 aliphatic heterocycles. The second kappa shape index (κ2) is 7.22. The number of hydrogen-bond donors (Lipinski definition) is 2. The summed E-state index contributed by atoms with van der Waals surface area (Å²) in [5.74, 6) is -1.44. The maximum Gasteiger partial charge on any atom is 0.439 e. The van der Waals surface area contributed by atoms with Crippen molar-refractivity contribution in [1.29, 1.82) is 0 Å². The lowest BCUT2D eigenvalue weighted by molar-refractivity contribution is -0.295. The average molecular weight is 377 g/mol. The van der Waals surface area contributed by atoms with Crippen molar-refractivity contribution in [1.82, 2.24) is 10.3 Å². The smallest absolute Gasteiger partial charge is 0.346 e. The van der Waals surface area contributed by atoms with Gasteiger partial charge in [-0.1, -0.05) is 30.3 Å². The number of nitrogens with zero attached hydrogens (tertiary/aromatic N) is 1. The van der Waals surface area contributed by atoms with Crippen molar-refractivity contribution in [2.75, 3.05) is 5.32 Å². The first-order chi connectivity index (χ1) is 12.1. The van der Waals surface area contributed by atoms with E-state index in [1.54, 1.807) is 6.07 Å². The molecule has 140 valence electrons. The fourth-order valence-corrected chi connectivity index (χ4v) is 2.16. The van der Waals surface area contributed by atoms with Gasteiger partial charge < -0.3 is 10.6 Å². The zero-order valence-corrected chi connectivity index (χ0v) is 13.0. The summed E-state index contributed by atoms with van der Waals surface area (Å²) in [6.45, 7) is 0. The molecule has 1 heterocycles. The summed E-state index contributed by atoms with van der Waals surface area (Å²) in [7, 11) is 0. The molecule has 1 aromatic carbocycles. The third-order valence-electron chi connectivity index (χ3n) is 3.38. The van der Waals surface area contributed by atoms with Crippen LogP contribution in [0.4, 0.5) is 32.0 Å². The number of anilines is 1. The molecule has 4 nitrogen and oxygen atoms in total. The summed E-state index contributed by atoms with van der Waals surface area (Å²) in [5, 5.41) is 2.42. The molecule has 0 atom stereocenters. The minimum atomic E-state index is -5.87. The van der Waals surface area contributed by atoms with Crippen LogP contribution in [0.5, 0.6) is 0 Å². The Balaban J connectivity index is 2.37. The highest BCUT2D eigenvalue weighted by Crippen LogP contribution is 2.43. The molecule has 0 saturated heterocycles. The zero-order chi connectivity index (χ0) is 19.4. The summed E-state index contributed by atoms with van der Waals surface area (Å²) in [4.78, 5) is 15.4. The van der Waals surface area contributed by atoms with E-state index in [0.29, 0.717) is 0 Å². The molecule has 0 saturated carbocycles. The van der Waals surface area contributed by atoms with Gasteiger partial charge in [0.25, 0.3) is 0 Å². The monoisotopic (exact) mass is 377 g/mol. The summed E-state index contributed by atoms with van der Waals surface area (Å²) in [5.41, 5.74) is -4.94. The Kier molecular flexibility index (Phi) is 5.43. The number of carbonyl (C=O) groups excluding carboxylic acids is 1. The lowest BCUT2D eigenvalue weighted by Crippen LogP contribution is -2.72. The fourth-order valence-electron chi connectivity index (χ4n) is 2.16. The maximum atomic E-state index is 13.4. The van der Waals surface area contributed by atoms with Crippen molar-refractivity contribution in [3.63, 3.8) is 0 Å². The second-order valence-corrected chi connectivity index (χ2v) is 5.32. The third-order valence-corrected chi connectivity index (χ3v) is 3.38. The molecular weight excluding hydrogens is 364 g/mol. The van der Waals surface area contributed by atoms with E-state index in [1.165, 1.54) is 35.8 Å². The van der Waals surface area contributed by atoms with E-state index in [9.17, 15) is 31.1 Å². The maximum absolute atomic E-state index is 13.4. The number of rotatable bonds is 5. The van der Waals surface area contributed by atoms with Gasteiger partial charge >= 0.3 is 18.0 Å². The van der Waals surface area contributed by atoms with Crippen LogP contribution in [0.2, 0.25) is 0 Å². The van der Waals surface area contributed by atoms with Gasteiger partial charge in [-0.3, -0.25) is 9.78 Å². The first kappa shape index (κ1) is 19.5. The molecule has 0 bridgehead atoms. The summed E-state index contributed by atoms with van der Waals surface area (Å²) >= 11 is 0. The Morgan fingerprint density at radius 1 is 0.923 bits per heavy atom. The van der Waals surface area contributed by atoms with Crippen molar-refractivity contribution >= 4 is 11.6 Å². The van der Waals surface area contributed by atoms with Crippen LogP contribution < -0.4 is 10.6 Å². The predicted molar refractivity (Wildman–Crippen MR) is 81.0 cm³/mol. The van der Waals surface area contributed by atoms with Gasteiger partial charge in [-0.2, -0.15) is 26.3 Å². The van der Waals surface area contributed by atoms with Gasteiger partial charge in [0.2, 0.25) is 5.91 Å². The number of nitrogens with one attached hydrogen (secondary N) is 2. The Morgan fingerprint density at radius 3 is 2.04 bits per heavy atom. The van der Waals surface area contributed by atoms with E-state index >= 15 is 0 Å². The molecule has 0 aliphatic rings. The van der Waals surface area contributed by atoms with Crippen LogP contribution >= 0.6 is 0 Å². The number of aromatic nitrogens is 1. The number of pyridine rings is 1. The largest absolute Gasteiger partial charge is 0.439 e. The van der Waals surface area contributed by atoms with Crippen molar-refractivity contribution in [2.45, 2.75) is 24.4 Å². The van der Waals surface area contributed by atoms with Crippen LogP contribution in [0.25, 0.3) is 0 Å². The molecule has 2 rings (SSSR count). The third kappa shape index (κ3) is 4.24. The van der Waals surface area contributed by atoms with Crippen LogP contribution in [0.3, 0.4) is 0 Å². The topological polar surface area (TPSA) is 54.0 Å². The van der Waals surface area contributed by atoms with Crippen molar-refractivity contribution in [2.24, 2.45) is 0 Å². The van der Waals surface area contributed by atoms with E-state index in [1.807, 2.05) is 0 Å². The van der Waals surface area contributed by atoms with Crippen molar-refractivity contribution in [3.05, 3.63) is 60.4 Å². The number of carbonyl (C=O) groups is 1. The highest BCUT2D eigenvalue weighted by atomic mass is 19.4. The zero-order valence-electron chi connectivity index (χ0n) is 13.0. The lowest BCUT2D eigenvalue weighted by atomic mass is 10.1. The molecule has 2 aromatic rings. The Labute approximate surface area is 144 Å². The molecule has 10 heteroatoms. The Hall–Kier alpha value is -2.78. The first-order valence-corrected chi connectivity index (χ1v) is 7.22. The summed E-state index contributed by atoms with van der Waals surface area (Å²) in [6.07, 6.45) is -10.4. The Bertz CT molecular complexity index is 717. The van der Waals surface area contributed by atoms with Gasteiger partial charge in [0.05, 0.1) is 18.3 Å².